The van der Waals surface area contributed by atoms with E-state index in [1.54, 1.807) is 6.20 Å². The van der Waals surface area contributed by atoms with Crippen LogP contribution in [0.4, 0.5) is 24.5 Å². The Morgan fingerprint density at radius 1 is 1.17 bits per heavy atom. The molecule has 6 rings (SSSR count). The van der Waals surface area contributed by atoms with E-state index in [0.29, 0.717) is 57.2 Å². The van der Waals surface area contributed by atoms with Crippen molar-refractivity contribution in [3.63, 3.8) is 0 Å². The Hall–Kier alpha value is -4.10. The van der Waals surface area contributed by atoms with Gasteiger partial charge in [-0.1, -0.05) is 12.1 Å². The zero-order valence-electron chi connectivity index (χ0n) is 23.4. The average molecular weight is 576 g/mol. The van der Waals surface area contributed by atoms with Gasteiger partial charge < -0.3 is 19.9 Å². The maximum absolute atomic E-state index is 13.8. The molecule has 1 amide bonds. The monoisotopic (exact) mass is 575 g/mol. The van der Waals surface area contributed by atoms with E-state index < -0.39 is 11.7 Å². The molecule has 2 saturated heterocycles. The quantitative estimate of drug-likeness (QED) is 0.431. The first kappa shape index (κ1) is 28.0. The van der Waals surface area contributed by atoms with Gasteiger partial charge in [-0.25, -0.2) is 4.98 Å². The second-order valence-electron chi connectivity index (χ2n) is 11.2. The number of ether oxygens (including phenoxy) is 1. The van der Waals surface area contributed by atoms with Crippen LogP contribution in [0.25, 0.3) is 11.1 Å². The van der Waals surface area contributed by atoms with Gasteiger partial charge in [-0.05, 0) is 80.3 Å². The Morgan fingerprint density at radius 2 is 1.98 bits per heavy atom. The summed E-state index contributed by atoms with van der Waals surface area (Å²) >= 11 is 0. The first-order valence-electron chi connectivity index (χ1n) is 14.4. The van der Waals surface area contributed by atoms with Crippen molar-refractivity contribution in [2.24, 2.45) is 5.92 Å². The normalized spacial score (nSPS) is 19.5. The van der Waals surface area contributed by atoms with E-state index >= 15 is 0 Å². The molecule has 4 heterocycles. The van der Waals surface area contributed by atoms with Crippen LogP contribution in [0, 0.1) is 17.2 Å². The molecule has 0 radical (unpaired) electrons. The smallest absolute Gasteiger partial charge is 0.416 e. The maximum atomic E-state index is 13.8. The topological polar surface area (TPSA) is 81.5 Å². The molecule has 1 atom stereocenters. The summed E-state index contributed by atoms with van der Waals surface area (Å²) in [7, 11) is 0. The number of nitriles is 1. The summed E-state index contributed by atoms with van der Waals surface area (Å²) in [6.07, 6.45) is -0.606. The number of carbonyl (C=O) groups excluding carboxylic acids is 1. The molecule has 0 unspecified atom stereocenters. The summed E-state index contributed by atoms with van der Waals surface area (Å²) in [5.41, 5.74) is 3.21. The fourth-order valence-electron chi connectivity index (χ4n) is 6.67. The molecule has 218 valence electrons. The number of carbonyl (C=O) groups is 1. The van der Waals surface area contributed by atoms with Crippen molar-refractivity contribution in [2.75, 3.05) is 49.1 Å². The Kier molecular flexibility index (Phi) is 7.31. The number of hydrogen-bond acceptors (Lipinski definition) is 6. The molecule has 10 heteroatoms. The van der Waals surface area contributed by atoms with Crippen molar-refractivity contribution in [3.05, 3.63) is 71.4 Å². The largest absolute Gasteiger partial charge is 0.478 e. The Labute approximate surface area is 242 Å². The highest BCUT2D eigenvalue weighted by Crippen LogP contribution is 2.50. The van der Waals surface area contributed by atoms with Crippen molar-refractivity contribution >= 4 is 17.3 Å². The van der Waals surface area contributed by atoms with Crippen LogP contribution >= 0.6 is 0 Å². The van der Waals surface area contributed by atoms with E-state index in [9.17, 15) is 23.2 Å². The highest BCUT2D eigenvalue weighted by atomic mass is 19.4. The van der Waals surface area contributed by atoms with E-state index in [1.165, 1.54) is 6.07 Å². The number of rotatable bonds is 5. The Morgan fingerprint density at radius 3 is 2.67 bits per heavy atom. The van der Waals surface area contributed by atoms with E-state index in [-0.39, 0.29) is 22.8 Å². The van der Waals surface area contributed by atoms with Crippen molar-refractivity contribution in [1.82, 2.24) is 10.3 Å². The minimum atomic E-state index is -4.51. The number of anilines is 2. The molecule has 3 aliphatic rings. The number of aromatic nitrogens is 1. The molecule has 1 spiro atoms. The first-order valence-corrected chi connectivity index (χ1v) is 14.4. The second-order valence-corrected chi connectivity index (χ2v) is 11.2. The third kappa shape index (κ3) is 4.96. The van der Waals surface area contributed by atoms with Crippen LogP contribution in [0.3, 0.4) is 0 Å². The molecule has 1 N–H and O–H groups in total. The number of fused-ring (bicyclic) bond motifs is 2. The fourth-order valence-corrected chi connectivity index (χ4v) is 6.67. The van der Waals surface area contributed by atoms with Crippen molar-refractivity contribution in [3.8, 4) is 23.1 Å². The van der Waals surface area contributed by atoms with Gasteiger partial charge in [0, 0.05) is 49.0 Å². The molecule has 0 bridgehead atoms. The van der Waals surface area contributed by atoms with Crippen LogP contribution in [-0.4, -0.2) is 50.2 Å². The molecule has 3 aliphatic heterocycles. The number of amides is 1. The molecule has 1 aromatic heterocycles. The summed E-state index contributed by atoms with van der Waals surface area (Å²) < 4.78 is 45.6. The van der Waals surface area contributed by atoms with Gasteiger partial charge >= 0.3 is 6.18 Å². The van der Waals surface area contributed by atoms with Crippen molar-refractivity contribution in [1.29, 1.82) is 5.26 Å². The van der Waals surface area contributed by atoms with Gasteiger partial charge in [0.1, 0.15) is 6.07 Å². The summed E-state index contributed by atoms with van der Waals surface area (Å²) in [5, 5.41) is 12.9. The minimum absolute atomic E-state index is 0.0179. The average Bonchev–Trinajstić information content (AvgIpc) is 3.64. The number of alkyl halides is 3. The first-order chi connectivity index (χ1) is 20.2. The van der Waals surface area contributed by atoms with E-state index in [2.05, 4.69) is 28.5 Å². The highest BCUT2D eigenvalue weighted by Gasteiger charge is 2.48. The van der Waals surface area contributed by atoms with Crippen LogP contribution in [0.5, 0.6) is 5.88 Å². The lowest BCUT2D eigenvalue weighted by molar-refractivity contribution is -0.137. The highest BCUT2D eigenvalue weighted by molar-refractivity contribution is 5.99. The summed E-state index contributed by atoms with van der Waals surface area (Å²) in [5.74, 6) is 0.576. The third-order valence-electron chi connectivity index (χ3n) is 8.87. The lowest BCUT2D eigenvalue weighted by Gasteiger charge is -2.41. The molecular weight excluding hydrogens is 543 g/mol. The number of halogens is 3. The van der Waals surface area contributed by atoms with E-state index in [0.717, 1.165) is 47.5 Å². The van der Waals surface area contributed by atoms with E-state index in [4.69, 9.17) is 4.74 Å². The van der Waals surface area contributed by atoms with Gasteiger partial charge in [-0.2, -0.15) is 18.4 Å². The summed E-state index contributed by atoms with van der Waals surface area (Å²) in [6, 6.07) is 15.4. The molecule has 3 aromatic rings. The molecule has 2 aromatic carbocycles. The molecule has 0 aliphatic carbocycles. The number of nitrogens with zero attached hydrogens (tertiary/aromatic N) is 4. The van der Waals surface area contributed by atoms with Gasteiger partial charge in [0.25, 0.3) is 0 Å². The number of hydrogen-bond donors (Lipinski definition) is 1. The fraction of sp³-hybridized carbons (Fsp3) is 0.406. The summed E-state index contributed by atoms with van der Waals surface area (Å²) in [6.45, 7) is 5.55. The second kappa shape index (κ2) is 11.0. The zero-order valence-corrected chi connectivity index (χ0v) is 23.4. The minimum Gasteiger partial charge on any atom is -0.478 e. The van der Waals surface area contributed by atoms with Gasteiger partial charge in [-0.3, -0.25) is 4.79 Å². The Balaban J connectivity index is 1.33. The lowest BCUT2D eigenvalue weighted by atomic mass is 9.74. The third-order valence-corrected chi connectivity index (χ3v) is 8.87. The SMILES string of the molecule is CCOc1ncccc1-c1ccc2c(c1)N(C(=O)[C@H]1CCNC1)CC21CCN(c2ccc(C(F)(F)F)cc2C#N)CC1. The van der Waals surface area contributed by atoms with Gasteiger partial charge in [0.05, 0.1) is 29.3 Å². The summed E-state index contributed by atoms with van der Waals surface area (Å²) in [4.78, 5) is 22.2. The van der Waals surface area contributed by atoms with Crippen LogP contribution in [-0.2, 0) is 16.4 Å². The number of nitrogens with one attached hydrogen (secondary N) is 1. The number of piperidine rings is 1. The molecule has 7 nitrogen and oxygen atoms in total. The van der Waals surface area contributed by atoms with Crippen molar-refractivity contribution < 1.29 is 22.7 Å². The molecule has 42 heavy (non-hydrogen) atoms. The standard InChI is InChI=1S/C32H32F3N5O2/c1-2-42-29-25(4-3-12-38-29)21-5-7-26-28(17-21)40(30(41)22-9-13-37-19-22)20-31(26)10-14-39(15-11-31)27-8-6-24(32(33,34)35)16-23(27)18-36/h3-8,12,16-17,22,37H,2,9-11,13-15,19-20H2,1H3/t22-/m0/s1. The predicted molar refractivity (Wildman–Crippen MR) is 153 cm³/mol. The van der Waals surface area contributed by atoms with Gasteiger partial charge in [0.15, 0.2) is 0 Å². The van der Waals surface area contributed by atoms with Gasteiger partial charge in [-0.15, -0.1) is 0 Å². The lowest BCUT2D eigenvalue weighted by Crippen LogP contribution is -2.47. The van der Waals surface area contributed by atoms with Crippen LogP contribution in [0.15, 0.2) is 54.7 Å². The van der Waals surface area contributed by atoms with Crippen LogP contribution in [0.1, 0.15) is 42.9 Å². The van der Waals surface area contributed by atoms with Crippen LogP contribution in [0.2, 0.25) is 0 Å². The molecule has 0 saturated carbocycles. The molecule has 2 fully saturated rings. The van der Waals surface area contributed by atoms with Gasteiger partial charge in [0.2, 0.25) is 11.8 Å². The maximum Gasteiger partial charge on any atom is 0.416 e. The number of benzene rings is 2. The Bertz CT molecular complexity index is 1540. The van der Waals surface area contributed by atoms with Crippen LogP contribution < -0.4 is 19.9 Å². The number of pyridine rings is 1. The zero-order chi connectivity index (χ0) is 29.5. The molecular formula is C32H32F3N5O2. The van der Waals surface area contributed by atoms with Crippen molar-refractivity contribution in [2.45, 2.75) is 37.8 Å². The predicted octanol–water partition coefficient (Wildman–Crippen LogP) is 5.53. The van der Waals surface area contributed by atoms with E-state index in [1.807, 2.05) is 34.9 Å².